The van der Waals surface area contributed by atoms with Crippen molar-refractivity contribution in [2.75, 3.05) is 0 Å². The van der Waals surface area contributed by atoms with Gasteiger partial charge in [-0.2, -0.15) is 4.98 Å². The number of rotatable bonds is 5. The zero-order valence-corrected chi connectivity index (χ0v) is 12.0. The molecule has 0 saturated heterocycles. The van der Waals surface area contributed by atoms with Crippen LogP contribution in [-0.2, 0) is 11.2 Å². The van der Waals surface area contributed by atoms with E-state index in [-0.39, 0.29) is 24.5 Å². The van der Waals surface area contributed by atoms with Crippen molar-refractivity contribution in [1.82, 2.24) is 15.1 Å². The third-order valence-electron chi connectivity index (χ3n) is 2.97. The Labute approximate surface area is 130 Å². The van der Waals surface area contributed by atoms with Gasteiger partial charge in [0.2, 0.25) is 11.7 Å². The highest BCUT2D eigenvalue weighted by molar-refractivity contribution is 5.72. The first-order chi connectivity index (χ1) is 11.2. The van der Waals surface area contributed by atoms with E-state index in [0.717, 1.165) is 0 Å². The number of para-hydroxylation sites is 1. The van der Waals surface area contributed by atoms with E-state index in [1.165, 1.54) is 18.2 Å². The summed E-state index contributed by atoms with van der Waals surface area (Å²) in [5, 5.41) is 3.80. The highest BCUT2D eigenvalue weighted by Crippen LogP contribution is 2.17. The molecule has 0 unspecified atom stereocenters. The van der Waals surface area contributed by atoms with Gasteiger partial charge < -0.3 is 9.26 Å². The quantitative estimate of drug-likeness (QED) is 0.532. The maximum Gasteiger partial charge on any atom is 0.311 e. The minimum Gasteiger partial charge on any atom is -0.423 e. The fraction of sp³-hybridized carbons (Fsp3) is 0.125. The molecule has 1 aromatic carbocycles. The number of aromatic nitrogens is 3. The smallest absolute Gasteiger partial charge is 0.311 e. The van der Waals surface area contributed by atoms with Crippen LogP contribution < -0.4 is 4.74 Å². The van der Waals surface area contributed by atoms with Gasteiger partial charge in [0.25, 0.3) is 0 Å². The summed E-state index contributed by atoms with van der Waals surface area (Å²) in [6.45, 7) is 0. The molecule has 2 aromatic heterocycles. The fourth-order valence-electron chi connectivity index (χ4n) is 1.87. The molecular weight excluding hydrogens is 301 g/mol. The van der Waals surface area contributed by atoms with E-state index in [9.17, 15) is 9.18 Å². The average molecular weight is 313 g/mol. The first kappa shape index (κ1) is 14.8. The molecule has 0 bridgehead atoms. The zero-order valence-electron chi connectivity index (χ0n) is 12.0. The molecule has 116 valence electrons. The number of carbonyl (C=O) groups excluding carboxylic acids is 1. The predicted molar refractivity (Wildman–Crippen MR) is 77.9 cm³/mol. The van der Waals surface area contributed by atoms with E-state index in [2.05, 4.69) is 15.1 Å². The minimum atomic E-state index is -0.587. The Hall–Kier alpha value is -3.09. The molecule has 6 nitrogen and oxygen atoms in total. The number of hydrogen-bond donors (Lipinski definition) is 0. The van der Waals surface area contributed by atoms with E-state index in [1.807, 2.05) is 6.07 Å². The Balaban J connectivity index is 1.58. The summed E-state index contributed by atoms with van der Waals surface area (Å²) in [6.07, 6.45) is 1.82. The summed E-state index contributed by atoms with van der Waals surface area (Å²) >= 11 is 0. The van der Waals surface area contributed by atoms with Crippen LogP contribution in [0.2, 0.25) is 0 Å². The second-order valence-electron chi connectivity index (χ2n) is 4.63. The Bertz CT molecular complexity index is 805. The molecule has 0 radical (unpaired) electrons. The summed E-state index contributed by atoms with van der Waals surface area (Å²) in [5.41, 5.74) is 0.580. The van der Waals surface area contributed by atoms with Crippen molar-refractivity contribution in [3.05, 3.63) is 60.4 Å². The van der Waals surface area contributed by atoms with Crippen molar-refractivity contribution < 1.29 is 18.4 Å². The molecule has 0 atom stereocenters. The lowest BCUT2D eigenvalue weighted by Gasteiger charge is -2.03. The van der Waals surface area contributed by atoms with Crippen LogP contribution in [0.1, 0.15) is 12.3 Å². The highest BCUT2D eigenvalue weighted by Gasteiger charge is 2.13. The van der Waals surface area contributed by atoms with Gasteiger partial charge in [-0.25, -0.2) is 4.39 Å². The molecule has 3 aromatic rings. The molecule has 0 amide bonds. The van der Waals surface area contributed by atoms with Crippen LogP contribution in [0, 0.1) is 5.82 Å². The number of benzene rings is 1. The third-order valence-corrected chi connectivity index (χ3v) is 2.97. The van der Waals surface area contributed by atoms with Crippen LogP contribution in [0.5, 0.6) is 5.75 Å². The number of pyridine rings is 1. The van der Waals surface area contributed by atoms with Crippen molar-refractivity contribution in [2.24, 2.45) is 0 Å². The number of hydrogen-bond acceptors (Lipinski definition) is 6. The third kappa shape index (κ3) is 3.76. The maximum absolute atomic E-state index is 13.4. The molecule has 0 saturated carbocycles. The Kier molecular flexibility index (Phi) is 4.37. The summed E-state index contributed by atoms with van der Waals surface area (Å²) in [7, 11) is 0. The van der Waals surface area contributed by atoms with Crippen LogP contribution in [0.4, 0.5) is 4.39 Å². The van der Waals surface area contributed by atoms with Crippen molar-refractivity contribution in [3.8, 4) is 17.3 Å². The number of esters is 1. The van der Waals surface area contributed by atoms with E-state index in [0.29, 0.717) is 11.5 Å². The van der Waals surface area contributed by atoms with Crippen LogP contribution in [0.25, 0.3) is 11.5 Å². The SMILES string of the molecule is O=C(CCc1nc(-c2ccccn2)no1)Oc1ccccc1F. The van der Waals surface area contributed by atoms with E-state index in [1.54, 1.807) is 24.4 Å². The average Bonchev–Trinajstić information content (AvgIpc) is 3.05. The molecule has 0 aliphatic carbocycles. The topological polar surface area (TPSA) is 78.1 Å². The van der Waals surface area contributed by atoms with Crippen molar-refractivity contribution in [2.45, 2.75) is 12.8 Å². The molecule has 3 rings (SSSR count). The highest BCUT2D eigenvalue weighted by atomic mass is 19.1. The van der Waals surface area contributed by atoms with Crippen LogP contribution in [0.15, 0.2) is 53.2 Å². The molecule has 7 heteroatoms. The molecular formula is C16H12FN3O3. The molecule has 23 heavy (non-hydrogen) atoms. The molecule has 0 aliphatic heterocycles. The van der Waals surface area contributed by atoms with Crippen molar-refractivity contribution >= 4 is 5.97 Å². The molecule has 0 N–H and O–H groups in total. The number of aryl methyl sites for hydroxylation is 1. The summed E-state index contributed by atoms with van der Waals surface area (Å²) in [6, 6.07) is 11.1. The van der Waals surface area contributed by atoms with Gasteiger partial charge in [-0.1, -0.05) is 23.4 Å². The number of halogens is 1. The fourth-order valence-corrected chi connectivity index (χ4v) is 1.87. The van der Waals surface area contributed by atoms with Gasteiger partial charge >= 0.3 is 5.97 Å². The van der Waals surface area contributed by atoms with Gasteiger partial charge in [-0.05, 0) is 24.3 Å². The second kappa shape index (κ2) is 6.78. The summed E-state index contributed by atoms with van der Waals surface area (Å²) in [5.74, 6) is -0.625. The number of ether oxygens (including phenoxy) is 1. The van der Waals surface area contributed by atoms with Crippen LogP contribution in [0.3, 0.4) is 0 Å². The van der Waals surface area contributed by atoms with E-state index >= 15 is 0 Å². The van der Waals surface area contributed by atoms with E-state index in [4.69, 9.17) is 9.26 Å². The maximum atomic E-state index is 13.4. The molecule has 2 heterocycles. The Morgan fingerprint density at radius 1 is 1.17 bits per heavy atom. The van der Waals surface area contributed by atoms with Crippen LogP contribution in [-0.4, -0.2) is 21.1 Å². The largest absolute Gasteiger partial charge is 0.423 e. The van der Waals surface area contributed by atoms with Gasteiger partial charge in [0.15, 0.2) is 11.6 Å². The monoisotopic (exact) mass is 313 g/mol. The lowest BCUT2D eigenvalue weighted by molar-refractivity contribution is -0.134. The van der Waals surface area contributed by atoms with Crippen LogP contribution >= 0.6 is 0 Å². The molecule has 0 fully saturated rings. The first-order valence-electron chi connectivity index (χ1n) is 6.91. The lowest BCUT2D eigenvalue weighted by atomic mass is 10.3. The number of nitrogens with zero attached hydrogens (tertiary/aromatic N) is 3. The second-order valence-corrected chi connectivity index (χ2v) is 4.63. The summed E-state index contributed by atoms with van der Waals surface area (Å²) in [4.78, 5) is 20.0. The summed E-state index contributed by atoms with van der Waals surface area (Å²) < 4.78 is 23.4. The molecule has 0 spiro atoms. The minimum absolute atomic E-state index is 0.00180. The van der Waals surface area contributed by atoms with Crippen molar-refractivity contribution in [3.63, 3.8) is 0 Å². The van der Waals surface area contributed by atoms with Gasteiger partial charge in [-0.3, -0.25) is 9.78 Å². The van der Waals surface area contributed by atoms with Gasteiger partial charge in [0.05, 0.1) is 6.42 Å². The normalized spacial score (nSPS) is 10.5. The molecule has 0 aliphatic rings. The zero-order chi connectivity index (χ0) is 16.1. The van der Waals surface area contributed by atoms with Crippen molar-refractivity contribution in [1.29, 1.82) is 0 Å². The van der Waals surface area contributed by atoms with Gasteiger partial charge in [0.1, 0.15) is 5.69 Å². The Morgan fingerprint density at radius 3 is 2.78 bits per heavy atom. The lowest BCUT2D eigenvalue weighted by Crippen LogP contribution is -2.10. The predicted octanol–water partition coefficient (Wildman–Crippen LogP) is 2.81. The first-order valence-corrected chi connectivity index (χ1v) is 6.91. The van der Waals surface area contributed by atoms with Gasteiger partial charge in [-0.15, -0.1) is 0 Å². The van der Waals surface area contributed by atoms with E-state index < -0.39 is 11.8 Å². The van der Waals surface area contributed by atoms with Gasteiger partial charge in [0, 0.05) is 12.6 Å². The standard InChI is InChI=1S/C16H12FN3O3/c17-11-5-1-2-7-13(11)22-15(21)9-8-14-19-16(20-23-14)12-6-3-4-10-18-12/h1-7,10H,8-9H2. The number of carbonyl (C=O) groups is 1. The Morgan fingerprint density at radius 2 is 2.00 bits per heavy atom.